The van der Waals surface area contributed by atoms with E-state index in [1.807, 2.05) is 12.1 Å². The van der Waals surface area contributed by atoms with Crippen LogP contribution in [-0.2, 0) is 22.5 Å². The number of aromatic nitrogens is 4. The Hall–Kier alpha value is -3.83. The number of anilines is 1. The molecule has 3 aliphatic heterocycles. The molecule has 13 heteroatoms. The summed E-state index contributed by atoms with van der Waals surface area (Å²) in [6.45, 7) is 5.07. The van der Waals surface area contributed by atoms with Crippen LogP contribution in [0.5, 0.6) is 0 Å². The van der Waals surface area contributed by atoms with Gasteiger partial charge < -0.3 is 24.2 Å². The van der Waals surface area contributed by atoms with E-state index in [0.717, 1.165) is 37.2 Å². The number of benzene rings is 2. The lowest BCUT2D eigenvalue weighted by molar-refractivity contribution is -0.146. The number of carboxylic acid groups (broad SMARTS) is 1. The molecule has 2 fully saturated rings. The van der Waals surface area contributed by atoms with Gasteiger partial charge in [-0.1, -0.05) is 35.3 Å². The minimum absolute atomic E-state index is 0.162. The van der Waals surface area contributed by atoms with Gasteiger partial charge in [-0.2, -0.15) is 5.10 Å². The molecule has 1 N–H and O–H groups in total. The molecular weight excluding hydrogens is 610 g/mol. The van der Waals surface area contributed by atoms with Gasteiger partial charge in [0.1, 0.15) is 11.7 Å². The van der Waals surface area contributed by atoms with Crippen molar-refractivity contribution >= 4 is 51.9 Å². The van der Waals surface area contributed by atoms with Crippen molar-refractivity contribution in [2.75, 3.05) is 37.7 Å². The molecule has 1 amide bonds. The first-order valence-electron chi connectivity index (χ1n) is 14.7. The summed E-state index contributed by atoms with van der Waals surface area (Å²) in [5.74, 6) is -0.549. The summed E-state index contributed by atoms with van der Waals surface area (Å²) in [5.41, 5.74) is 4.32. The van der Waals surface area contributed by atoms with Crippen molar-refractivity contribution in [3.63, 3.8) is 0 Å². The average molecular weight is 642 g/mol. The van der Waals surface area contributed by atoms with Gasteiger partial charge in [-0.25, -0.2) is 19.0 Å². The number of amides is 1. The molecule has 10 nitrogen and oxygen atoms in total. The van der Waals surface area contributed by atoms with Gasteiger partial charge in [-0.15, -0.1) is 0 Å². The van der Waals surface area contributed by atoms with Crippen LogP contribution in [0.25, 0.3) is 22.0 Å². The number of hydrogen-bond donors (Lipinski definition) is 1. The molecule has 0 bridgehead atoms. The quantitative estimate of drug-likeness (QED) is 0.264. The van der Waals surface area contributed by atoms with Crippen LogP contribution >= 0.6 is 23.2 Å². The Labute approximate surface area is 262 Å². The van der Waals surface area contributed by atoms with Gasteiger partial charge in [0.15, 0.2) is 6.04 Å². The van der Waals surface area contributed by atoms with Crippen molar-refractivity contribution in [1.29, 1.82) is 0 Å². The Kier molecular flexibility index (Phi) is 7.20. The SMILES string of the molecule is CCOC(=O)C(c1ncn2c1CC(F)C2)n1cc2c(Cl)cc(-c3ccc(N4CC5(CCN(C(=O)O)CC5)C4)cc3)c(Cl)c2n1. The number of likely N-dealkylation sites (tertiary alicyclic amines) is 1. The molecule has 0 saturated carbocycles. The van der Waals surface area contributed by atoms with E-state index in [-0.39, 0.29) is 25.0 Å². The van der Waals surface area contributed by atoms with Crippen LogP contribution in [0.15, 0.2) is 42.9 Å². The average Bonchev–Trinajstić information content (AvgIpc) is 3.70. The van der Waals surface area contributed by atoms with Gasteiger partial charge in [0.25, 0.3) is 0 Å². The van der Waals surface area contributed by atoms with Gasteiger partial charge in [-0.3, -0.25) is 4.68 Å². The Morgan fingerprint density at radius 1 is 1.18 bits per heavy atom. The van der Waals surface area contributed by atoms with Crippen molar-refractivity contribution in [3.05, 3.63) is 64.3 Å². The van der Waals surface area contributed by atoms with E-state index in [1.54, 1.807) is 30.1 Å². The third kappa shape index (κ3) is 4.86. The summed E-state index contributed by atoms with van der Waals surface area (Å²) in [6.07, 6.45) is 3.25. The predicted octanol–water partition coefficient (Wildman–Crippen LogP) is 5.83. The predicted molar refractivity (Wildman–Crippen MR) is 164 cm³/mol. The number of hydrogen-bond acceptors (Lipinski definition) is 6. The standard InChI is InChI=1S/C31H31Cl2FN6O4/c1-2-44-29(41)28(27-24-11-19(34)13-38(24)17-35-27)40-14-22-23(32)12-21(25(33)26(22)36-40)18-3-5-20(6-4-18)39-15-31(16-39)7-9-37(10-8-31)30(42)43/h3-6,12,14,17,19,28H,2,7-11,13,15-16H2,1H3,(H,42,43). The molecule has 2 aromatic carbocycles. The number of carbonyl (C=O) groups is 2. The number of fused-ring (bicyclic) bond motifs is 2. The highest BCUT2D eigenvalue weighted by Gasteiger charge is 2.45. The monoisotopic (exact) mass is 640 g/mol. The second-order valence-electron chi connectivity index (χ2n) is 11.9. The molecular formula is C31H31Cl2FN6O4. The van der Waals surface area contributed by atoms with Gasteiger partial charge >= 0.3 is 12.1 Å². The number of ether oxygens (including phenoxy) is 1. The van der Waals surface area contributed by atoms with Crippen LogP contribution in [0.2, 0.25) is 10.0 Å². The maximum absolute atomic E-state index is 14.2. The Morgan fingerprint density at radius 2 is 1.91 bits per heavy atom. The van der Waals surface area contributed by atoms with E-state index in [2.05, 4.69) is 22.0 Å². The third-order valence-corrected chi connectivity index (χ3v) is 9.91. The molecule has 0 aliphatic carbocycles. The summed E-state index contributed by atoms with van der Waals surface area (Å²) in [6, 6.07) is 8.87. The molecule has 4 aromatic rings. The van der Waals surface area contributed by atoms with Gasteiger partial charge in [-0.05, 0) is 43.5 Å². The van der Waals surface area contributed by atoms with Crippen LogP contribution in [0.1, 0.15) is 37.2 Å². The van der Waals surface area contributed by atoms with Crippen molar-refractivity contribution in [2.24, 2.45) is 5.41 Å². The molecule has 3 aliphatic rings. The highest BCUT2D eigenvalue weighted by molar-refractivity contribution is 6.42. The summed E-state index contributed by atoms with van der Waals surface area (Å²) < 4.78 is 22.8. The molecule has 2 atom stereocenters. The topological polar surface area (TPSA) is 106 Å². The summed E-state index contributed by atoms with van der Waals surface area (Å²) >= 11 is 13.7. The zero-order valence-corrected chi connectivity index (χ0v) is 25.6. The van der Waals surface area contributed by atoms with E-state index < -0.39 is 24.3 Å². The molecule has 230 valence electrons. The lowest BCUT2D eigenvalue weighted by atomic mass is 9.72. The van der Waals surface area contributed by atoms with Gasteiger partial charge in [0.2, 0.25) is 0 Å². The van der Waals surface area contributed by atoms with Crippen molar-refractivity contribution in [1.82, 2.24) is 24.2 Å². The zero-order chi connectivity index (χ0) is 30.7. The first-order chi connectivity index (χ1) is 21.2. The van der Waals surface area contributed by atoms with Crippen LogP contribution in [-0.4, -0.2) is 80.4 Å². The number of halogens is 3. The molecule has 44 heavy (non-hydrogen) atoms. The lowest BCUT2D eigenvalue weighted by Gasteiger charge is -2.54. The summed E-state index contributed by atoms with van der Waals surface area (Å²) in [7, 11) is 0. The van der Waals surface area contributed by atoms with E-state index >= 15 is 0 Å². The van der Waals surface area contributed by atoms with Crippen LogP contribution in [0.4, 0.5) is 14.9 Å². The Morgan fingerprint density at radius 3 is 2.59 bits per heavy atom. The fraction of sp³-hybridized carbons (Fsp3) is 0.419. The van der Waals surface area contributed by atoms with Crippen LogP contribution < -0.4 is 4.90 Å². The normalized spacial score (nSPS) is 19.7. The number of esters is 1. The fourth-order valence-corrected chi connectivity index (χ4v) is 7.39. The van der Waals surface area contributed by atoms with Crippen molar-refractivity contribution < 1.29 is 23.8 Å². The summed E-state index contributed by atoms with van der Waals surface area (Å²) in [5, 5.41) is 15.3. The third-order valence-electron chi connectivity index (χ3n) is 9.22. The number of carbonyl (C=O) groups excluding carboxylic acids is 1. The second kappa shape index (κ2) is 11.0. The highest BCUT2D eigenvalue weighted by atomic mass is 35.5. The van der Waals surface area contributed by atoms with Crippen LogP contribution in [0.3, 0.4) is 0 Å². The minimum Gasteiger partial charge on any atom is -0.465 e. The summed E-state index contributed by atoms with van der Waals surface area (Å²) in [4.78, 5) is 32.7. The minimum atomic E-state index is -1.04. The number of nitrogens with zero attached hydrogens (tertiary/aromatic N) is 6. The first-order valence-corrected chi connectivity index (χ1v) is 15.5. The molecule has 0 radical (unpaired) electrons. The number of piperidine rings is 1. The lowest BCUT2D eigenvalue weighted by Crippen LogP contribution is -2.60. The Bertz CT molecular complexity index is 1760. The molecule has 2 saturated heterocycles. The molecule has 1 spiro atoms. The van der Waals surface area contributed by atoms with E-state index in [1.165, 1.54) is 9.58 Å². The van der Waals surface area contributed by atoms with Crippen LogP contribution in [0, 0.1) is 5.41 Å². The van der Waals surface area contributed by atoms with E-state index in [4.69, 9.17) is 33.0 Å². The number of alkyl halides is 1. The zero-order valence-electron chi connectivity index (χ0n) is 24.0. The first kappa shape index (κ1) is 28.9. The van der Waals surface area contributed by atoms with Gasteiger partial charge in [0.05, 0.1) is 35.2 Å². The maximum Gasteiger partial charge on any atom is 0.407 e. The van der Waals surface area contributed by atoms with Gasteiger partial charge in [0, 0.05) is 66.5 Å². The molecule has 7 rings (SSSR count). The molecule has 2 unspecified atom stereocenters. The molecule has 2 aromatic heterocycles. The second-order valence-corrected chi connectivity index (χ2v) is 12.7. The Balaban J connectivity index is 1.15. The number of imidazole rings is 1. The maximum atomic E-state index is 14.2. The highest BCUT2D eigenvalue weighted by Crippen LogP contribution is 2.44. The van der Waals surface area contributed by atoms with E-state index in [0.29, 0.717) is 51.0 Å². The number of rotatable bonds is 6. The van der Waals surface area contributed by atoms with Crippen molar-refractivity contribution in [3.8, 4) is 11.1 Å². The van der Waals surface area contributed by atoms with Crippen molar-refractivity contribution in [2.45, 2.75) is 44.9 Å². The fourth-order valence-electron chi connectivity index (χ4n) is 6.84. The molecule has 5 heterocycles. The largest absolute Gasteiger partial charge is 0.465 e. The van der Waals surface area contributed by atoms with E-state index in [9.17, 15) is 19.1 Å². The smallest absolute Gasteiger partial charge is 0.407 e.